The fourth-order valence-electron chi connectivity index (χ4n) is 1.09. The van der Waals surface area contributed by atoms with Gasteiger partial charge in [-0.05, 0) is 25.1 Å². The van der Waals surface area contributed by atoms with Gasteiger partial charge >= 0.3 is 0 Å². The zero-order chi connectivity index (χ0) is 8.43. The summed E-state index contributed by atoms with van der Waals surface area (Å²) in [6, 6.07) is 5.55. The van der Waals surface area contributed by atoms with Crippen molar-refractivity contribution in [2.24, 2.45) is 0 Å². The summed E-state index contributed by atoms with van der Waals surface area (Å²) in [5.41, 5.74) is 1.18. The highest BCUT2D eigenvalue weighted by Crippen LogP contribution is 2.19. The summed E-state index contributed by atoms with van der Waals surface area (Å²) >= 11 is 0. The molecule has 1 aromatic carbocycles. The van der Waals surface area contributed by atoms with Gasteiger partial charge in [-0.3, -0.25) is 0 Å². The van der Waals surface area contributed by atoms with E-state index in [1.54, 1.807) is 6.07 Å². The Balaban J connectivity index is 0.00000121. The van der Waals surface area contributed by atoms with Crippen molar-refractivity contribution in [2.75, 3.05) is 12.5 Å². The van der Waals surface area contributed by atoms with E-state index in [9.17, 15) is 0 Å². The molecular weight excluding hydrogens is 283 g/mol. The molecule has 12 heavy (non-hydrogen) atoms. The van der Waals surface area contributed by atoms with E-state index < -0.39 is 0 Å². The molecule has 0 saturated carbocycles. The van der Waals surface area contributed by atoms with E-state index in [2.05, 4.69) is 12.5 Å². The van der Waals surface area contributed by atoms with Gasteiger partial charge in [-0.25, -0.2) is 0 Å². The van der Waals surface area contributed by atoms with Gasteiger partial charge in [0.1, 0.15) is 18.3 Å². The molecule has 0 spiro atoms. The Morgan fingerprint density at radius 2 is 1.83 bits per heavy atom. The van der Waals surface area contributed by atoms with E-state index in [1.807, 2.05) is 19.1 Å². The summed E-state index contributed by atoms with van der Waals surface area (Å²) in [4.78, 5) is 1.34. The summed E-state index contributed by atoms with van der Waals surface area (Å²) in [7, 11) is 0.290. The largest absolute Gasteiger partial charge is 1.00 e. The fraction of sp³-hybridized carbons (Fsp3) is 0.333. The second-order valence-electron chi connectivity index (χ2n) is 2.77. The molecule has 0 fully saturated rings. The lowest BCUT2D eigenvalue weighted by atomic mass is 10.2. The first-order chi connectivity index (χ1) is 5.11. The van der Waals surface area contributed by atoms with Crippen LogP contribution < -0.4 is 24.0 Å². The SMILES string of the molecule is Cc1cc(O)ccc1[S+](C)C.[I-]. The van der Waals surface area contributed by atoms with Crippen LogP contribution in [0.5, 0.6) is 5.75 Å². The Kier molecular flexibility index (Phi) is 5.01. The van der Waals surface area contributed by atoms with Crippen LogP contribution in [0.4, 0.5) is 0 Å². The minimum Gasteiger partial charge on any atom is -1.00 e. The van der Waals surface area contributed by atoms with Gasteiger partial charge in [0.25, 0.3) is 0 Å². The van der Waals surface area contributed by atoms with Crippen molar-refractivity contribution in [1.82, 2.24) is 0 Å². The molecule has 0 bridgehead atoms. The number of aryl methyl sites for hydroxylation is 1. The molecule has 0 aliphatic rings. The van der Waals surface area contributed by atoms with Gasteiger partial charge in [0.15, 0.2) is 4.90 Å². The summed E-state index contributed by atoms with van der Waals surface area (Å²) in [5, 5.41) is 9.12. The average Bonchev–Trinajstić information content (AvgIpc) is 1.85. The molecule has 0 radical (unpaired) electrons. The second kappa shape index (κ2) is 4.97. The van der Waals surface area contributed by atoms with Crippen molar-refractivity contribution >= 4 is 10.9 Å². The van der Waals surface area contributed by atoms with Gasteiger partial charge < -0.3 is 29.1 Å². The Hall–Kier alpha value is 0.1000. The molecule has 3 heteroatoms. The molecule has 1 N–H and O–H groups in total. The van der Waals surface area contributed by atoms with E-state index in [0.29, 0.717) is 16.6 Å². The Labute approximate surface area is 93.6 Å². The highest BCUT2D eigenvalue weighted by Gasteiger charge is 2.11. The van der Waals surface area contributed by atoms with E-state index in [0.717, 1.165) is 0 Å². The van der Waals surface area contributed by atoms with Crippen LogP contribution in [0.2, 0.25) is 0 Å². The van der Waals surface area contributed by atoms with Crippen LogP contribution in [-0.4, -0.2) is 17.6 Å². The van der Waals surface area contributed by atoms with Crippen LogP contribution in [0.25, 0.3) is 0 Å². The molecule has 1 rings (SSSR count). The molecule has 0 aliphatic carbocycles. The summed E-state index contributed by atoms with van der Waals surface area (Å²) in [5.74, 6) is 0.358. The smallest absolute Gasteiger partial charge is 0.157 e. The van der Waals surface area contributed by atoms with E-state index in [1.165, 1.54) is 10.5 Å². The Morgan fingerprint density at radius 3 is 2.25 bits per heavy atom. The fourth-order valence-corrected chi connectivity index (χ4v) is 2.13. The molecule has 0 saturated heterocycles. The molecule has 1 nitrogen and oxygen atoms in total. The van der Waals surface area contributed by atoms with Crippen LogP contribution in [0, 0.1) is 6.92 Å². The van der Waals surface area contributed by atoms with E-state index >= 15 is 0 Å². The normalized spacial score (nSPS) is 9.67. The maximum absolute atomic E-state index is 9.12. The van der Waals surface area contributed by atoms with Crippen molar-refractivity contribution < 1.29 is 29.1 Å². The number of phenols is 1. The minimum absolute atomic E-state index is 0. The lowest BCUT2D eigenvalue weighted by Gasteiger charge is -2.00. The molecule has 0 aliphatic heterocycles. The van der Waals surface area contributed by atoms with Gasteiger partial charge in [-0.2, -0.15) is 0 Å². The van der Waals surface area contributed by atoms with Crippen molar-refractivity contribution in [3.63, 3.8) is 0 Å². The first-order valence-corrected chi connectivity index (χ1v) is 5.52. The third kappa shape index (κ3) is 2.86. The van der Waals surface area contributed by atoms with Crippen molar-refractivity contribution in [3.8, 4) is 5.75 Å². The number of hydrogen-bond acceptors (Lipinski definition) is 1. The number of halogens is 1. The highest BCUT2D eigenvalue weighted by molar-refractivity contribution is 7.95. The standard InChI is InChI=1S/C9H12OS.HI/c1-7-6-8(10)4-5-9(7)11(2)3;/h4-6H,1-3H3;1H. The lowest BCUT2D eigenvalue weighted by Crippen LogP contribution is -3.00. The number of aromatic hydroxyl groups is 1. The van der Waals surface area contributed by atoms with Crippen LogP contribution in [0.3, 0.4) is 0 Å². The number of hydrogen-bond donors (Lipinski definition) is 1. The lowest BCUT2D eigenvalue weighted by molar-refractivity contribution is -0.00000358. The zero-order valence-electron chi connectivity index (χ0n) is 7.47. The minimum atomic E-state index is 0. The highest BCUT2D eigenvalue weighted by atomic mass is 127. The molecule has 0 heterocycles. The molecule has 0 amide bonds. The van der Waals surface area contributed by atoms with Crippen LogP contribution >= 0.6 is 0 Å². The maximum atomic E-state index is 9.12. The summed E-state index contributed by atoms with van der Waals surface area (Å²) in [6.45, 7) is 2.03. The topological polar surface area (TPSA) is 20.2 Å². The average molecular weight is 296 g/mol. The third-order valence-corrected chi connectivity index (χ3v) is 2.94. The maximum Gasteiger partial charge on any atom is 0.157 e. The van der Waals surface area contributed by atoms with Crippen LogP contribution in [-0.2, 0) is 10.9 Å². The Morgan fingerprint density at radius 1 is 1.25 bits per heavy atom. The second-order valence-corrected chi connectivity index (χ2v) is 4.84. The summed E-state index contributed by atoms with van der Waals surface area (Å²) < 4.78 is 0. The van der Waals surface area contributed by atoms with Gasteiger partial charge in [-0.15, -0.1) is 0 Å². The molecule has 0 aromatic heterocycles. The van der Waals surface area contributed by atoms with Gasteiger partial charge in [0, 0.05) is 16.5 Å². The van der Waals surface area contributed by atoms with Gasteiger partial charge in [0.2, 0.25) is 0 Å². The third-order valence-electron chi connectivity index (χ3n) is 1.60. The molecule has 68 valence electrons. The van der Waals surface area contributed by atoms with Crippen LogP contribution in [0.1, 0.15) is 5.56 Å². The molecule has 0 atom stereocenters. The number of phenolic OH excluding ortho intramolecular Hbond substituents is 1. The summed E-state index contributed by atoms with van der Waals surface area (Å²) in [6.07, 6.45) is 4.36. The number of rotatable bonds is 1. The first kappa shape index (κ1) is 12.1. The predicted molar refractivity (Wildman–Crippen MR) is 50.3 cm³/mol. The molecule has 1 aromatic rings. The predicted octanol–water partition coefficient (Wildman–Crippen LogP) is -1.06. The zero-order valence-corrected chi connectivity index (χ0v) is 10.4. The van der Waals surface area contributed by atoms with Crippen molar-refractivity contribution in [1.29, 1.82) is 0 Å². The monoisotopic (exact) mass is 296 g/mol. The quantitative estimate of drug-likeness (QED) is 0.517. The van der Waals surface area contributed by atoms with Gasteiger partial charge in [0.05, 0.1) is 0 Å². The number of benzene rings is 1. The van der Waals surface area contributed by atoms with Gasteiger partial charge in [-0.1, -0.05) is 0 Å². The van der Waals surface area contributed by atoms with Crippen molar-refractivity contribution in [2.45, 2.75) is 11.8 Å². The molecule has 0 unspecified atom stereocenters. The molecular formula is C9H13IOS. The first-order valence-electron chi connectivity index (χ1n) is 3.48. The van der Waals surface area contributed by atoms with E-state index in [4.69, 9.17) is 5.11 Å². The van der Waals surface area contributed by atoms with Crippen molar-refractivity contribution in [3.05, 3.63) is 23.8 Å². The van der Waals surface area contributed by atoms with Crippen LogP contribution in [0.15, 0.2) is 23.1 Å². The Bertz CT molecular complexity index is 261. The van der Waals surface area contributed by atoms with E-state index in [-0.39, 0.29) is 24.0 Å².